The van der Waals surface area contributed by atoms with Crippen LogP contribution in [0.5, 0.6) is 11.5 Å². The lowest BCUT2D eigenvalue weighted by Crippen LogP contribution is -2.48. The quantitative estimate of drug-likeness (QED) is 0.830. The first kappa shape index (κ1) is 18.6. The number of hydrogen-bond donors (Lipinski definition) is 1. The largest absolute Gasteiger partial charge is 0.454 e. The Morgan fingerprint density at radius 3 is 2.63 bits per heavy atom. The van der Waals surface area contributed by atoms with Crippen LogP contribution in [0.25, 0.3) is 0 Å². The van der Waals surface area contributed by atoms with Gasteiger partial charge >= 0.3 is 0 Å². The fourth-order valence-electron chi connectivity index (χ4n) is 4.30. The van der Waals surface area contributed by atoms with Gasteiger partial charge in [0.1, 0.15) is 0 Å². The van der Waals surface area contributed by atoms with Crippen LogP contribution < -0.4 is 14.8 Å². The number of carbonyl (C=O) groups is 1. The molecule has 2 fully saturated rings. The monoisotopic (exact) mass is 373 g/mol. The van der Waals surface area contributed by atoms with Gasteiger partial charge in [0.15, 0.2) is 11.5 Å². The van der Waals surface area contributed by atoms with Gasteiger partial charge in [-0.05, 0) is 30.5 Å². The summed E-state index contributed by atoms with van der Waals surface area (Å²) < 4.78 is 10.8. The first-order valence-corrected chi connectivity index (χ1v) is 10.4. The smallest absolute Gasteiger partial charge is 0.231 e. The summed E-state index contributed by atoms with van der Waals surface area (Å²) in [7, 11) is 0. The highest BCUT2D eigenvalue weighted by molar-refractivity contribution is 5.76. The molecule has 0 bridgehead atoms. The third-order valence-electron chi connectivity index (χ3n) is 5.95. The molecule has 0 spiro atoms. The van der Waals surface area contributed by atoms with Crippen molar-refractivity contribution in [2.45, 2.75) is 51.1 Å². The standard InChI is InChI=1S/C21H31N3O3/c25-21(8-9-22-18-4-2-1-3-5-18)24-12-10-23(11-13-24)15-17-6-7-19-20(14-17)27-16-26-19/h6-7,14,18,22H,1-5,8-13,15-16H2. The minimum Gasteiger partial charge on any atom is -0.454 e. The summed E-state index contributed by atoms with van der Waals surface area (Å²) in [6.45, 7) is 5.53. The molecule has 1 aromatic rings. The average Bonchev–Trinajstić information content (AvgIpc) is 3.17. The first-order valence-electron chi connectivity index (χ1n) is 10.4. The van der Waals surface area contributed by atoms with Crippen molar-refractivity contribution in [3.63, 3.8) is 0 Å². The van der Waals surface area contributed by atoms with Crippen LogP contribution in [-0.4, -0.2) is 61.3 Å². The average molecular weight is 373 g/mol. The summed E-state index contributed by atoms with van der Waals surface area (Å²) in [5, 5.41) is 3.57. The van der Waals surface area contributed by atoms with E-state index in [1.807, 2.05) is 11.0 Å². The maximum atomic E-state index is 12.5. The molecule has 4 rings (SSSR count). The second-order valence-electron chi connectivity index (χ2n) is 7.88. The molecular weight excluding hydrogens is 342 g/mol. The fraction of sp³-hybridized carbons (Fsp3) is 0.667. The van der Waals surface area contributed by atoms with E-state index in [0.29, 0.717) is 25.2 Å². The van der Waals surface area contributed by atoms with E-state index < -0.39 is 0 Å². The Kier molecular flexibility index (Phi) is 6.14. The topological polar surface area (TPSA) is 54.0 Å². The molecule has 6 nitrogen and oxygen atoms in total. The van der Waals surface area contributed by atoms with Crippen LogP contribution >= 0.6 is 0 Å². The second kappa shape index (κ2) is 8.93. The molecule has 1 saturated carbocycles. The molecule has 6 heteroatoms. The Labute approximate surface area is 161 Å². The Morgan fingerprint density at radius 1 is 1.04 bits per heavy atom. The van der Waals surface area contributed by atoms with E-state index in [9.17, 15) is 4.79 Å². The van der Waals surface area contributed by atoms with Crippen molar-refractivity contribution in [2.24, 2.45) is 0 Å². The van der Waals surface area contributed by atoms with Crippen LogP contribution in [0.15, 0.2) is 18.2 Å². The third-order valence-corrected chi connectivity index (χ3v) is 5.95. The van der Waals surface area contributed by atoms with Crippen molar-refractivity contribution in [1.29, 1.82) is 0 Å². The van der Waals surface area contributed by atoms with E-state index in [2.05, 4.69) is 22.3 Å². The second-order valence-corrected chi connectivity index (χ2v) is 7.88. The minimum atomic E-state index is 0.293. The number of nitrogens with zero attached hydrogens (tertiary/aromatic N) is 2. The Morgan fingerprint density at radius 2 is 1.81 bits per heavy atom. The normalized spacial score (nSPS) is 20.8. The predicted octanol–water partition coefficient (Wildman–Crippen LogP) is 2.37. The number of nitrogens with one attached hydrogen (secondary N) is 1. The van der Waals surface area contributed by atoms with E-state index in [1.54, 1.807) is 0 Å². The lowest BCUT2D eigenvalue weighted by atomic mass is 9.95. The lowest BCUT2D eigenvalue weighted by molar-refractivity contribution is -0.132. The molecule has 2 heterocycles. The third kappa shape index (κ3) is 4.93. The molecule has 2 aliphatic heterocycles. The van der Waals surface area contributed by atoms with Crippen molar-refractivity contribution < 1.29 is 14.3 Å². The number of amides is 1. The Balaban J connectivity index is 1.16. The van der Waals surface area contributed by atoms with Crippen LogP contribution in [-0.2, 0) is 11.3 Å². The first-order chi connectivity index (χ1) is 13.3. The zero-order valence-electron chi connectivity index (χ0n) is 16.1. The lowest BCUT2D eigenvalue weighted by Gasteiger charge is -2.35. The SMILES string of the molecule is O=C(CCNC1CCCCC1)N1CCN(Cc2ccc3c(c2)OCO3)CC1. The summed E-state index contributed by atoms with van der Waals surface area (Å²) >= 11 is 0. The number of fused-ring (bicyclic) bond motifs is 1. The van der Waals surface area contributed by atoms with Crippen molar-refractivity contribution in [3.8, 4) is 11.5 Å². The van der Waals surface area contributed by atoms with Gasteiger partial charge in [0, 0.05) is 51.7 Å². The molecule has 27 heavy (non-hydrogen) atoms. The van der Waals surface area contributed by atoms with Crippen LogP contribution in [0, 0.1) is 0 Å². The molecular formula is C21H31N3O3. The van der Waals surface area contributed by atoms with Crippen LogP contribution in [0.1, 0.15) is 44.1 Å². The van der Waals surface area contributed by atoms with Crippen molar-refractivity contribution in [1.82, 2.24) is 15.1 Å². The number of rotatable bonds is 6. The van der Waals surface area contributed by atoms with Crippen molar-refractivity contribution in [2.75, 3.05) is 39.5 Å². The van der Waals surface area contributed by atoms with E-state index in [4.69, 9.17) is 9.47 Å². The Bertz CT molecular complexity index is 638. The molecule has 1 N–H and O–H groups in total. The molecule has 3 aliphatic rings. The van der Waals surface area contributed by atoms with Gasteiger partial charge in [0.2, 0.25) is 12.7 Å². The molecule has 0 aromatic heterocycles. The van der Waals surface area contributed by atoms with Gasteiger partial charge in [-0.15, -0.1) is 0 Å². The molecule has 1 aromatic carbocycles. The van der Waals surface area contributed by atoms with Gasteiger partial charge < -0.3 is 19.7 Å². The molecule has 148 valence electrons. The fourth-order valence-corrected chi connectivity index (χ4v) is 4.30. The van der Waals surface area contributed by atoms with Gasteiger partial charge in [-0.1, -0.05) is 25.3 Å². The van der Waals surface area contributed by atoms with Gasteiger partial charge in [0.25, 0.3) is 0 Å². The van der Waals surface area contributed by atoms with Crippen molar-refractivity contribution in [3.05, 3.63) is 23.8 Å². The van der Waals surface area contributed by atoms with Crippen LogP contribution in [0.2, 0.25) is 0 Å². The summed E-state index contributed by atoms with van der Waals surface area (Å²) in [5.74, 6) is 1.96. The number of carbonyl (C=O) groups excluding carboxylic acids is 1. The minimum absolute atomic E-state index is 0.293. The molecule has 1 amide bonds. The number of benzene rings is 1. The molecule has 1 saturated heterocycles. The maximum Gasteiger partial charge on any atom is 0.231 e. The predicted molar refractivity (Wildman–Crippen MR) is 104 cm³/mol. The number of piperazine rings is 1. The van der Waals surface area contributed by atoms with E-state index >= 15 is 0 Å². The zero-order valence-corrected chi connectivity index (χ0v) is 16.1. The maximum absolute atomic E-state index is 12.5. The van der Waals surface area contributed by atoms with Gasteiger partial charge in [0.05, 0.1) is 0 Å². The Hall–Kier alpha value is -1.79. The zero-order chi connectivity index (χ0) is 18.5. The van der Waals surface area contributed by atoms with Crippen LogP contribution in [0.4, 0.5) is 0 Å². The van der Waals surface area contributed by atoms with Crippen molar-refractivity contribution >= 4 is 5.91 Å². The molecule has 1 aliphatic carbocycles. The molecule has 0 atom stereocenters. The molecule has 0 unspecified atom stereocenters. The number of hydrogen-bond acceptors (Lipinski definition) is 5. The summed E-state index contributed by atoms with van der Waals surface area (Å²) in [4.78, 5) is 16.9. The van der Waals surface area contributed by atoms with Gasteiger partial charge in [-0.25, -0.2) is 0 Å². The highest BCUT2D eigenvalue weighted by Crippen LogP contribution is 2.32. The van der Waals surface area contributed by atoms with Crippen LogP contribution in [0.3, 0.4) is 0 Å². The summed E-state index contributed by atoms with van der Waals surface area (Å²) in [6.07, 6.45) is 7.19. The number of ether oxygens (including phenoxy) is 2. The van der Waals surface area contributed by atoms with E-state index in [1.165, 1.54) is 37.7 Å². The molecule has 0 radical (unpaired) electrons. The highest BCUT2D eigenvalue weighted by Gasteiger charge is 2.22. The highest BCUT2D eigenvalue weighted by atomic mass is 16.7. The summed E-state index contributed by atoms with van der Waals surface area (Å²) in [6, 6.07) is 6.78. The van der Waals surface area contributed by atoms with Gasteiger partial charge in [-0.2, -0.15) is 0 Å². The van der Waals surface area contributed by atoms with Gasteiger partial charge in [-0.3, -0.25) is 9.69 Å². The summed E-state index contributed by atoms with van der Waals surface area (Å²) in [5.41, 5.74) is 1.23. The van der Waals surface area contributed by atoms with E-state index in [-0.39, 0.29) is 0 Å². The van der Waals surface area contributed by atoms with E-state index in [0.717, 1.165) is 50.8 Å².